The minimum Gasteiger partial charge on any atom is -0.307 e. The van der Waals surface area contributed by atoms with Gasteiger partial charge in [-0.05, 0) is 104 Å². The first kappa shape index (κ1) is 31.7. The standard InChI is InChI=1S/C42H30F6N2/c1-23-11-7-17-31-36(23)37-24(2)12-8-18-32(37)49(31)35-22-27(28-15-5-6-16-29(28)41(43,44)45)21-30(42(46,47)48)40(35)50-33-19-9-13-25(3)38(33)39-26(4)14-10-20-34(39)50/h5-22H,1-4H3. The van der Waals surface area contributed by atoms with Gasteiger partial charge in [-0.3, -0.25) is 0 Å². The molecule has 2 nitrogen and oxygen atoms in total. The maximum absolute atomic E-state index is 15.8. The highest BCUT2D eigenvalue weighted by molar-refractivity contribution is 6.14. The molecular weight excluding hydrogens is 646 g/mol. The van der Waals surface area contributed by atoms with E-state index in [0.29, 0.717) is 22.1 Å². The average Bonchev–Trinajstić information content (AvgIpc) is 3.59. The van der Waals surface area contributed by atoms with Crippen LogP contribution in [0, 0.1) is 27.7 Å². The second-order valence-electron chi connectivity index (χ2n) is 13.0. The summed E-state index contributed by atoms with van der Waals surface area (Å²) in [6, 6.07) is 29.6. The number of aromatic nitrogens is 2. The zero-order valence-electron chi connectivity index (χ0n) is 27.6. The van der Waals surface area contributed by atoms with E-state index in [1.54, 1.807) is 21.3 Å². The monoisotopic (exact) mass is 676 g/mol. The van der Waals surface area contributed by atoms with Crippen LogP contribution < -0.4 is 0 Å². The molecule has 6 aromatic carbocycles. The molecular formula is C42H30F6N2. The molecule has 0 bridgehead atoms. The van der Waals surface area contributed by atoms with Gasteiger partial charge in [-0.25, -0.2) is 0 Å². The summed E-state index contributed by atoms with van der Waals surface area (Å²) in [5, 5.41) is 3.38. The van der Waals surface area contributed by atoms with Crippen molar-refractivity contribution in [2.24, 2.45) is 0 Å². The van der Waals surface area contributed by atoms with Crippen LogP contribution in [0.3, 0.4) is 0 Å². The van der Waals surface area contributed by atoms with Crippen LogP contribution in [-0.4, -0.2) is 9.13 Å². The van der Waals surface area contributed by atoms with Crippen molar-refractivity contribution in [3.63, 3.8) is 0 Å². The number of hydrogen-bond acceptors (Lipinski definition) is 0. The van der Waals surface area contributed by atoms with E-state index in [0.717, 1.165) is 55.9 Å². The van der Waals surface area contributed by atoms with Crippen molar-refractivity contribution in [3.8, 4) is 22.5 Å². The Bertz CT molecular complexity index is 2550. The van der Waals surface area contributed by atoms with Crippen molar-refractivity contribution in [2.45, 2.75) is 40.0 Å². The van der Waals surface area contributed by atoms with E-state index in [1.807, 2.05) is 88.4 Å². The summed E-state index contributed by atoms with van der Waals surface area (Å²) in [5.74, 6) is 0. The first-order chi connectivity index (χ1) is 23.8. The van der Waals surface area contributed by atoms with Gasteiger partial charge in [0.1, 0.15) is 0 Å². The first-order valence-corrected chi connectivity index (χ1v) is 16.2. The fourth-order valence-corrected chi connectivity index (χ4v) is 7.79. The summed E-state index contributed by atoms with van der Waals surface area (Å²) in [5.41, 5.74) is 3.47. The van der Waals surface area contributed by atoms with Gasteiger partial charge in [0.15, 0.2) is 0 Å². The van der Waals surface area contributed by atoms with Gasteiger partial charge in [0.2, 0.25) is 0 Å². The van der Waals surface area contributed by atoms with Gasteiger partial charge in [0, 0.05) is 21.5 Å². The summed E-state index contributed by atoms with van der Waals surface area (Å²) in [4.78, 5) is 0. The maximum atomic E-state index is 15.8. The van der Waals surface area contributed by atoms with Crippen molar-refractivity contribution in [1.29, 1.82) is 0 Å². The minimum atomic E-state index is -4.95. The summed E-state index contributed by atoms with van der Waals surface area (Å²) in [7, 11) is 0. The molecule has 0 N–H and O–H groups in total. The Kier molecular flexibility index (Phi) is 6.99. The molecule has 0 aliphatic heterocycles. The highest BCUT2D eigenvalue weighted by Crippen LogP contribution is 2.48. The summed E-state index contributed by atoms with van der Waals surface area (Å²) >= 11 is 0. The van der Waals surface area contributed by atoms with Gasteiger partial charge in [-0.1, -0.05) is 66.7 Å². The lowest BCUT2D eigenvalue weighted by Crippen LogP contribution is -2.15. The molecule has 0 aliphatic carbocycles. The largest absolute Gasteiger partial charge is 0.418 e. The molecule has 0 unspecified atom stereocenters. The number of aryl methyl sites for hydroxylation is 4. The lowest BCUT2D eigenvalue weighted by atomic mass is 9.95. The summed E-state index contributed by atoms with van der Waals surface area (Å²) < 4.78 is 94.1. The predicted molar refractivity (Wildman–Crippen MR) is 190 cm³/mol. The molecule has 50 heavy (non-hydrogen) atoms. The third-order valence-electron chi connectivity index (χ3n) is 9.87. The van der Waals surface area contributed by atoms with Crippen LogP contribution in [0.1, 0.15) is 33.4 Å². The molecule has 0 saturated heterocycles. The number of alkyl halides is 6. The molecule has 8 aromatic rings. The zero-order chi connectivity index (χ0) is 35.3. The van der Waals surface area contributed by atoms with Crippen LogP contribution in [0.5, 0.6) is 0 Å². The van der Waals surface area contributed by atoms with Crippen molar-refractivity contribution >= 4 is 43.6 Å². The molecule has 0 radical (unpaired) electrons. The van der Waals surface area contributed by atoms with Gasteiger partial charge < -0.3 is 9.13 Å². The fraction of sp³-hybridized carbons (Fsp3) is 0.143. The van der Waals surface area contributed by atoms with E-state index in [-0.39, 0.29) is 22.5 Å². The molecule has 0 atom stereocenters. The number of nitrogens with zero attached hydrogens (tertiary/aromatic N) is 2. The smallest absolute Gasteiger partial charge is 0.307 e. The quantitative estimate of drug-likeness (QED) is 0.165. The lowest BCUT2D eigenvalue weighted by Gasteiger charge is -2.24. The van der Waals surface area contributed by atoms with Crippen molar-refractivity contribution in [3.05, 3.63) is 143 Å². The molecule has 0 saturated carbocycles. The topological polar surface area (TPSA) is 9.86 Å². The Morgan fingerprint density at radius 3 is 1.24 bits per heavy atom. The summed E-state index contributed by atoms with van der Waals surface area (Å²) in [6.07, 6.45) is -9.74. The fourth-order valence-electron chi connectivity index (χ4n) is 7.79. The second-order valence-corrected chi connectivity index (χ2v) is 13.0. The number of rotatable bonds is 3. The van der Waals surface area contributed by atoms with E-state index in [4.69, 9.17) is 0 Å². The van der Waals surface area contributed by atoms with E-state index < -0.39 is 23.5 Å². The molecule has 8 rings (SSSR count). The third-order valence-corrected chi connectivity index (χ3v) is 9.87. The predicted octanol–water partition coefficient (Wildman–Crippen LogP) is 12.8. The van der Waals surface area contributed by atoms with Crippen LogP contribution in [0.15, 0.2) is 109 Å². The van der Waals surface area contributed by atoms with Crippen LogP contribution in [0.4, 0.5) is 26.3 Å². The van der Waals surface area contributed by atoms with E-state index in [9.17, 15) is 13.2 Å². The number of fused-ring (bicyclic) bond motifs is 6. The van der Waals surface area contributed by atoms with Gasteiger partial charge in [-0.2, -0.15) is 26.3 Å². The van der Waals surface area contributed by atoms with Gasteiger partial charge in [-0.15, -0.1) is 0 Å². The number of halogens is 6. The van der Waals surface area contributed by atoms with Crippen molar-refractivity contribution in [1.82, 2.24) is 9.13 Å². The van der Waals surface area contributed by atoms with E-state index in [2.05, 4.69) is 0 Å². The van der Waals surface area contributed by atoms with Crippen molar-refractivity contribution < 1.29 is 26.3 Å². The highest BCUT2D eigenvalue weighted by atomic mass is 19.4. The van der Waals surface area contributed by atoms with Gasteiger partial charge in [0.25, 0.3) is 0 Å². The SMILES string of the molecule is Cc1cccc2c1c1c(C)cccc1n2-c1cc(-c2ccccc2C(F)(F)F)cc(C(F)(F)F)c1-n1c2cccc(C)c2c2c(C)cccc21. The Morgan fingerprint density at radius 2 is 0.820 bits per heavy atom. The maximum Gasteiger partial charge on any atom is 0.418 e. The normalized spacial score (nSPS) is 12.6. The van der Waals surface area contributed by atoms with Crippen LogP contribution in [0.25, 0.3) is 66.1 Å². The number of benzene rings is 6. The van der Waals surface area contributed by atoms with Crippen LogP contribution in [-0.2, 0) is 12.4 Å². The van der Waals surface area contributed by atoms with Gasteiger partial charge in [0.05, 0.1) is 44.6 Å². The van der Waals surface area contributed by atoms with E-state index >= 15 is 13.2 Å². The Hall–Kier alpha value is -5.50. The molecule has 8 heteroatoms. The molecule has 0 aliphatic rings. The molecule has 2 heterocycles. The highest BCUT2D eigenvalue weighted by Gasteiger charge is 2.39. The van der Waals surface area contributed by atoms with Crippen molar-refractivity contribution in [2.75, 3.05) is 0 Å². The summed E-state index contributed by atoms with van der Waals surface area (Å²) in [6.45, 7) is 7.77. The first-order valence-electron chi connectivity index (χ1n) is 16.2. The third kappa shape index (κ3) is 4.65. The Morgan fingerprint density at radius 1 is 0.420 bits per heavy atom. The number of hydrogen-bond donors (Lipinski definition) is 0. The molecule has 0 spiro atoms. The van der Waals surface area contributed by atoms with Crippen LogP contribution in [0.2, 0.25) is 0 Å². The minimum absolute atomic E-state index is 0.116. The Balaban J connectivity index is 1.66. The average molecular weight is 677 g/mol. The molecule has 0 fully saturated rings. The zero-order valence-corrected chi connectivity index (χ0v) is 27.6. The lowest BCUT2D eigenvalue weighted by molar-refractivity contribution is -0.137. The van der Waals surface area contributed by atoms with Gasteiger partial charge >= 0.3 is 12.4 Å². The van der Waals surface area contributed by atoms with Crippen LogP contribution >= 0.6 is 0 Å². The Labute approximate surface area is 283 Å². The molecule has 250 valence electrons. The second kappa shape index (κ2) is 11.0. The molecule has 0 amide bonds. The molecule has 2 aromatic heterocycles. The van der Waals surface area contributed by atoms with E-state index in [1.165, 1.54) is 24.3 Å².